The molecule has 3 unspecified atom stereocenters. The van der Waals surface area contributed by atoms with Gasteiger partial charge in [-0.25, -0.2) is 0 Å². The second-order valence-electron chi connectivity index (χ2n) is 6.80. The summed E-state index contributed by atoms with van der Waals surface area (Å²) in [4.78, 5) is 2.78. The summed E-state index contributed by atoms with van der Waals surface area (Å²) in [5.41, 5.74) is 1.40. The van der Waals surface area contributed by atoms with Crippen LogP contribution in [-0.4, -0.2) is 36.7 Å². The summed E-state index contributed by atoms with van der Waals surface area (Å²) in [7, 11) is 0. The highest BCUT2D eigenvalue weighted by atomic mass is 16.5. The minimum absolute atomic E-state index is 0.545. The number of fused-ring (bicyclic) bond motifs is 1. The summed E-state index contributed by atoms with van der Waals surface area (Å²) in [6.07, 6.45) is 5.20. The van der Waals surface area contributed by atoms with E-state index < -0.39 is 0 Å². The molecule has 0 aromatic heterocycles. The minimum Gasteiger partial charge on any atom is -0.493 e. The second kappa shape index (κ2) is 5.62. The number of hydrogen-bond donors (Lipinski definition) is 1. The van der Waals surface area contributed by atoms with Gasteiger partial charge in [0.1, 0.15) is 5.75 Å². The van der Waals surface area contributed by atoms with Crippen LogP contribution in [-0.2, 0) is 0 Å². The Balaban J connectivity index is 1.60. The van der Waals surface area contributed by atoms with Crippen molar-refractivity contribution < 1.29 is 4.74 Å². The first-order valence-electron chi connectivity index (χ1n) is 8.57. The molecule has 3 nitrogen and oxygen atoms in total. The molecule has 1 N–H and O–H groups in total. The van der Waals surface area contributed by atoms with Crippen molar-refractivity contribution >= 4 is 0 Å². The molecule has 114 valence electrons. The maximum atomic E-state index is 5.86. The molecule has 0 spiro atoms. The first-order chi connectivity index (χ1) is 10.4. The molecule has 2 aliphatic heterocycles. The average molecular weight is 286 g/mol. The van der Waals surface area contributed by atoms with E-state index in [2.05, 4.69) is 41.4 Å². The maximum absolute atomic E-state index is 5.86. The molecule has 3 aliphatic rings. The molecule has 0 radical (unpaired) electrons. The molecule has 21 heavy (non-hydrogen) atoms. The van der Waals surface area contributed by atoms with Gasteiger partial charge in [-0.05, 0) is 31.2 Å². The van der Waals surface area contributed by atoms with Crippen molar-refractivity contribution in [2.24, 2.45) is 5.92 Å². The molecule has 1 aliphatic carbocycles. The van der Waals surface area contributed by atoms with E-state index in [-0.39, 0.29) is 0 Å². The Morgan fingerprint density at radius 1 is 1.24 bits per heavy atom. The van der Waals surface area contributed by atoms with E-state index in [1.807, 2.05) is 0 Å². The lowest BCUT2D eigenvalue weighted by atomic mass is 9.93. The van der Waals surface area contributed by atoms with Crippen LogP contribution in [0.25, 0.3) is 0 Å². The fraction of sp³-hybridized carbons (Fsp3) is 0.667. The molecule has 3 heteroatoms. The van der Waals surface area contributed by atoms with E-state index in [1.54, 1.807) is 0 Å². The predicted octanol–water partition coefficient (Wildman–Crippen LogP) is 2.97. The van der Waals surface area contributed by atoms with Crippen LogP contribution >= 0.6 is 0 Å². The van der Waals surface area contributed by atoms with E-state index in [1.165, 1.54) is 31.4 Å². The summed E-state index contributed by atoms with van der Waals surface area (Å²) in [5, 5.41) is 3.80. The largest absolute Gasteiger partial charge is 0.493 e. The molecule has 0 bridgehead atoms. The van der Waals surface area contributed by atoms with Crippen molar-refractivity contribution in [3.05, 3.63) is 29.8 Å². The monoisotopic (exact) mass is 286 g/mol. The van der Waals surface area contributed by atoms with Crippen LogP contribution in [0.4, 0.5) is 0 Å². The van der Waals surface area contributed by atoms with Gasteiger partial charge in [0, 0.05) is 43.2 Å². The van der Waals surface area contributed by atoms with E-state index in [0.717, 1.165) is 31.2 Å². The van der Waals surface area contributed by atoms with Gasteiger partial charge in [0.25, 0.3) is 0 Å². The quantitative estimate of drug-likeness (QED) is 0.924. The summed E-state index contributed by atoms with van der Waals surface area (Å²) in [6.45, 7) is 5.54. The van der Waals surface area contributed by atoms with Gasteiger partial charge in [0.2, 0.25) is 0 Å². The lowest BCUT2D eigenvalue weighted by Crippen LogP contribution is -2.58. The maximum Gasteiger partial charge on any atom is 0.124 e. The highest BCUT2D eigenvalue weighted by Crippen LogP contribution is 2.40. The summed E-state index contributed by atoms with van der Waals surface area (Å²) >= 11 is 0. The zero-order valence-electron chi connectivity index (χ0n) is 12.9. The fourth-order valence-electron chi connectivity index (χ4n) is 4.09. The molecule has 1 saturated heterocycles. The zero-order valence-corrected chi connectivity index (χ0v) is 12.9. The van der Waals surface area contributed by atoms with Gasteiger partial charge in [-0.3, -0.25) is 4.90 Å². The third-order valence-corrected chi connectivity index (χ3v) is 5.48. The Hall–Kier alpha value is -1.06. The molecule has 0 amide bonds. The molecule has 2 fully saturated rings. The van der Waals surface area contributed by atoms with Crippen LogP contribution in [0.2, 0.25) is 0 Å². The smallest absolute Gasteiger partial charge is 0.124 e. The number of ether oxygens (including phenoxy) is 1. The standard InChI is InChI=1S/C18H26N2O/c1-2-14-11-19-16(13-7-8-13)12-20(14)17-9-10-21-18-6-4-3-5-15(17)18/h3-6,13-14,16-17,19H,2,7-12H2,1H3. The number of hydrogen-bond acceptors (Lipinski definition) is 3. The van der Waals surface area contributed by atoms with Gasteiger partial charge in [0.15, 0.2) is 0 Å². The topological polar surface area (TPSA) is 24.5 Å². The van der Waals surface area contributed by atoms with E-state index in [0.29, 0.717) is 18.1 Å². The summed E-state index contributed by atoms with van der Waals surface area (Å²) < 4.78 is 5.86. The molecule has 1 aromatic carbocycles. The van der Waals surface area contributed by atoms with E-state index in [9.17, 15) is 0 Å². The SMILES string of the molecule is CCC1CNC(C2CC2)CN1C1CCOc2ccccc21. The minimum atomic E-state index is 0.545. The van der Waals surface area contributed by atoms with Crippen molar-refractivity contribution in [2.45, 2.75) is 50.7 Å². The van der Waals surface area contributed by atoms with Crippen LogP contribution in [0.3, 0.4) is 0 Å². The van der Waals surface area contributed by atoms with Crippen molar-refractivity contribution in [2.75, 3.05) is 19.7 Å². The van der Waals surface area contributed by atoms with Crippen molar-refractivity contribution in [1.82, 2.24) is 10.2 Å². The summed E-state index contributed by atoms with van der Waals surface area (Å²) in [6, 6.07) is 10.6. The Morgan fingerprint density at radius 3 is 2.90 bits per heavy atom. The first-order valence-corrected chi connectivity index (χ1v) is 8.57. The van der Waals surface area contributed by atoms with Crippen LogP contribution in [0.5, 0.6) is 5.75 Å². The molecule has 1 aromatic rings. The number of piperazine rings is 1. The Morgan fingerprint density at radius 2 is 2.10 bits per heavy atom. The van der Waals surface area contributed by atoms with Crippen LogP contribution in [0.1, 0.15) is 44.2 Å². The second-order valence-corrected chi connectivity index (χ2v) is 6.80. The molecule has 3 atom stereocenters. The lowest BCUT2D eigenvalue weighted by molar-refractivity contribution is 0.0511. The fourth-order valence-corrected chi connectivity index (χ4v) is 4.09. The normalized spacial score (nSPS) is 33.3. The highest BCUT2D eigenvalue weighted by molar-refractivity contribution is 5.37. The molecule has 2 heterocycles. The van der Waals surface area contributed by atoms with Crippen LogP contribution in [0, 0.1) is 5.92 Å². The van der Waals surface area contributed by atoms with Gasteiger partial charge in [-0.15, -0.1) is 0 Å². The Kier molecular flexibility index (Phi) is 3.64. The highest BCUT2D eigenvalue weighted by Gasteiger charge is 2.40. The third kappa shape index (κ3) is 2.58. The van der Waals surface area contributed by atoms with Gasteiger partial charge in [0.05, 0.1) is 6.61 Å². The predicted molar refractivity (Wildman–Crippen MR) is 84.6 cm³/mol. The molecular weight excluding hydrogens is 260 g/mol. The zero-order chi connectivity index (χ0) is 14.2. The molecule has 4 rings (SSSR count). The third-order valence-electron chi connectivity index (χ3n) is 5.48. The van der Waals surface area contributed by atoms with Gasteiger partial charge in [-0.2, -0.15) is 0 Å². The number of benzene rings is 1. The van der Waals surface area contributed by atoms with Crippen molar-refractivity contribution in [1.29, 1.82) is 0 Å². The Labute approximate surface area is 127 Å². The van der Waals surface area contributed by atoms with Gasteiger partial charge in [-0.1, -0.05) is 25.1 Å². The van der Waals surface area contributed by atoms with Crippen LogP contribution < -0.4 is 10.1 Å². The number of para-hydroxylation sites is 1. The average Bonchev–Trinajstić information content (AvgIpc) is 3.39. The lowest BCUT2D eigenvalue weighted by Gasteiger charge is -2.46. The molecular formula is C18H26N2O. The number of nitrogens with one attached hydrogen (secondary N) is 1. The van der Waals surface area contributed by atoms with Crippen LogP contribution in [0.15, 0.2) is 24.3 Å². The first kappa shape index (κ1) is 13.6. The molecule has 1 saturated carbocycles. The van der Waals surface area contributed by atoms with Gasteiger partial charge < -0.3 is 10.1 Å². The number of nitrogens with zero attached hydrogens (tertiary/aromatic N) is 1. The van der Waals surface area contributed by atoms with E-state index >= 15 is 0 Å². The number of rotatable bonds is 3. The summed E-state index contributed by atoms with van der Waals surface area (Å²) in [5.74, 6) is 2.03. The van der Waals surface area contributed by atoms with E-state index in [4.69, 9.17) is 4.74 Å². The van der Waals surface area contributed by atoms with Crippen molar-refractivity contribution in [3.63, 3.8) is 0 Å². The van der Waals surface area contributed by atoms with Crippen molar-refractivity contribution in [3.8, 4) is 5.75 Å². The Bertz CT molecular complexity index is 500. The van der Waals surface area contributed by atoms with Gasteiger partial charge >= 0.3 is 0 Å².